The smallest absolute Gasteiger partial charge is 0.336 e. The first-order chi connectivity index (χ1) is 35.8. The number of ketones is 2. The lowest BCUT2D eigenvalue weighted by atomic mass is 10.1. The summed E-state index contributed by atoms with van der Waals surface area (Å²) in [6.07, 6.45) is 70.9. The Hall–Kier alpha value is -7.32. The van der Waals surface area contributed by atoms with Gasteiger partial charge in [0.2, 0.25) is 0 Å². The quantitative estimate of drug-likeness (QED) is 0.0164. The highest BCUT2D eigenvalue weighted by molar-refractivity contribution is 6.11. The van der Waals surface area contributed by atoms with Crippen molar-refractivity contribution in [2.75, 3.05) is 14.2 Å². The van der Waals surface area contributed by atoms with Gasteiger partial charge in [-0.05, 0) is 73.2 Å². The van der Waals surface area contributed by atoms with Crippen LogP contribution in [0.5, 0.6) is 23.0 Å². The van der Waals surface area contributed by atoms with Gasteiger partial charge in [-0.25, -0.2) is 9.59 Å². The summed E-state index contributed by atoms with van der Waals surface area (Å²) in [7, 11) is 2.90. The normalized spacial score (nSPS) is 12.8. The fourth-order valence-electron chi connectivity index (χ4n) is 6.78. The van der Waals surface area contributed by atoms with Crippen molar-refractivity contribution in [3.8, 4) is 23.0 Å². The van der Waals surface area contributed by atoms with Gasteiger partial charge < -0.3 is 18.9 Å². The fraction of sp³-hybridized carbons (Fsp3) is 0.323. The molecule has 0 atom stereocenters. The Morgan fingerprint density at radius 2 is 0.685 bits per heavy atom. The lowest BCUT2D eigenvalue weighted by Crippen LogP contribution is -2.05. The maximum absolute atomic E-state index is 12.6. The van der Waals surface area contributed by atoms with Crippen LogP contribution in [-0.4, -0.2) is 37.7 Å². The highest BCUT2D eigenvalue weighted by Gasteiger charge is 2.11. The number of rotatable bonds is 38. The zero-order chi connectivity index (χ0) is 52.7. The molecule has 0 unspecified atom stereocenters. The predicted octanol–water partition coefficient (Wildman–Crippen LogP) is 16.7. The molecule has 0 aliphatic rings. The van der Waals surface area contributed by atoms with Crippen LogP contribution in [0.15, 0.2) is 194 Å². The van der Waals surface area contributed by atoms with Crippen molar-refractivity contribution in [2.24, 2.45) is 0 Å². The molecule has 0 saturated carbocycles. The van der Waals surface area contributed by atoms with Gasteiger partial charge in [-0.1, -0.05) is 249 Å². The van der Waals surface area contributed by atoms with E-state index in [0.717, 1.165) is 12.8 Å². The summed E-state index contributed by atoms with van der Waals surface area (Å²) in [5.41, 5.74) is 1.21. The molecule has 388 valence electrons. The Kier molecular flexibility index (Phi) is 36.8. The molecule has 0 aromatic heterocycles. The minimum atomic E-state index is -0.583. The average molecular weight is 989 g/mol. The van der Waals surface area contributed by atoms with Crippen LogP contribution in [0.4, 0.5) is 0 Å². The van der Waals surface area contributed by atoms with E-state index in [1.165, 1.54) is 128 Å². The maximum Gasteiger partial charge on any atom is 0.336 e. The summed E-state index contributed by atoms with van der Waals surface area (Å²) in [4.78, 5) is 50.2. The van der Waals surface area contributed by atoms with Crippen LogP contribution in [-0.2, 0) is 19.2 Å². The van der Waals surface area contributed by atoms with Gasteiger partial charge in [0.15, 0.2) is 34.6 Å². The number of esters is 2. The number of unbranched alkanes of at least 4 members (excludes halogenated alkanes) is 14. The predicted molar refractivity (Wildman–Crippen MR) is 305 cm³/mol. The molecule has 0 heterocycles. The molecule has 0 radical (unpaired) electrons. The first-order valence-electron chi connectivity index (χ1n) is 26.0. The van der Waals surface area contributed by atoms with Crippen LogP contribution in [0.2, 0.25) is 0 Å². The van der Waals surface area contributed by atoms with E-state index in [-0.39, 0.29) is 17.9 Å². The molecule has 0 aliphatic carbocycles. The van der Waals surface area contributed by atoms with E-state index in [2.05, 4.69) is 38.2 Å². The molecule has 0 N–H and O–H groups in total. The summed E-state index contributed by atoms with van der Waals surface area (Å²) in [6.45, 7) is 4.49. The molecule has 0 spiro atoms. The van der Waals surface area contributed by atoms with Crippen molar-refractivity contribution in [1.29, 1.82) is 0 Å². The standard InChI is InChI=1S/C65H80O8/c1-5-7-9-11-13-15-17-19-21-23-25-27-29-31-33-35-37-39-41-43-64(68)72-60-51-47-56(53-62(60)70-3)45-49-58(66)55-59(67)50-46-57-48-52-61(63(54-57)71-4)73-65(69)44-42-40-38-36-34-32-30-28-26-24-22-20-18-16-14-12-10-8-6-2/h21-54H,5-20,55H2,1-4H3/b23-21+,24-22+,27-25+,28-26+,31-29+,32-30+,35-33+,36-34+,39-37+,40-38+,43-41+,44-42+,49-45+,50-46+. The highest BCUT2D eigenvalue weighted by Crippen LogP contribution is 2.30. The van der Waals surface area contributed by atoms with E-state index in [0.29, 0.717) is 22.6 Å². The van der Waals surface area contributed by atoms with Crippen LogP contribution in [0.25, 0.3) is 12.2 Å². The zero-order valence-electron chi connectivity index (χ0n) is 43.9. The van der Waals surface area contributed by atoms with Crippen molar-refractivity contribution in [3.63, 3.8) is 0 Å². The third-order valence-corrected chi connectivity index (χ3v) is 10.8. The summed E-state index contributed by atoms with van der Waals surface area (Å²) in [5, 5.41) is 0. The van der Waals surface area contributed by atoms with E-state index in [9.17, 15) is 19.2 Å². The Balaban J connectivity index is 1.74. The molecule has 73 heavy (non-hydrogen) atoms. The number of carbonyl (C=O) groups excluding carboxylic acids is 4. The highest BCUT2D eigenvalue weighted by atomic mass is 16.6. The molecule has 8 heteroatoms. The summed E-state index contributed by atoms with van der Waals surface area (Å²) < 4.78 is 21.7. The average Bonchev–Trinajstić information content (AvgIpc) is 3.39. The maximum atomic E-state index is 12.6. The minimum absolute atomic E-state index is 0.215. The van der Waals surface area contributed by atoms with Crippen LogP contribution >= 0.6 is 0 Å². The summed E-state index contributed by atoms with van der Waals surface area (Å²) >= 11 is 0. The fourth-order valence-corrected chi connectivity index (χ4v) is 6.78. The van der Waals surface area contributed by atoms with E-state index in [1.807, 2.05) is 72.9 Å². The molecule has 2 aromatic rings. The lowest BCUT2D eigenvalue weighted by Gasteiger charge is -2.08. The first kappa shape index (κ1) is 61.8. The number of benzene rings is 2. The third-order valence-electron chi connectivity index (χ3n) is 10.8. The SMILES string of the molecule is CCCCCCCCC/C=C/C=C/C=C/C=C/C=C/C=C/C(=O)Oc1ccc(/C=C/C(=O)CC(=O)/C=C/c2ccc(OC(=O)/C=C/C=C/C=C/C=C/C=C/C=C/CCCCCCCCC)c(OC)c2)cc1OC. The van der Waals surface area contributed by atoms with Gasteiger partial charge in [0.1, 0.15) is 0 Å². The second kappa shape index (κ2) is 43.5. The van der Waals surface area contributed by atoms with Crippen molar-refractivity contribution in [3.05, 3.63) is 206 Å². The molecular formula is C65H80O8. The van der Waals surface area contributed by atoms with Crippen molar-refractivity contribution in [2.45, 2.75) is 123 Å². The second-order valence-electron chi connectivity index (χ2n) is 16.9. The van der Waals surface area contributed by atoms with Gasteiger partial charge in [0, 0.05) is 12.2 Å². The molecule has 2 rings (SSSR count). The van der Waals surface area contributed by atoms with E-state index < -0.39 is 23.5 Å². The van der Waals surface area contributed by atoms with E-state index in [4.69, 9.17) is 18.9 Å². The summed E-state index contributed by atoms with van der Waals surface area (Å²) in [6, 6.07) is 9.71. The Labute approximate surface area is 437 Å². The number of methoxy groups -OCH3 is 2. The molecule has 2 aromatic carbocycles. The summed E-state index contributed by atoms with van der Waals surface area (Å²) in [5.74, 6) is -0.950. The third kappa shape index (κ3) is 33.8. The first-order valence-corrected chi connectivity index (χ1v) is 26.0. The molecule has 8 nitrogen and oxygen atoms in total. The van der Waals surface area contributed by atoms with E-state index >= 15 is 0 Å². The monoisotopic (exact) mass is 989 g/mol. The van der Waals surface area contributed by atoms with Crippen LogP contribution in [0.3, 0.4) is 0 Å². The van der Waals surface area contributed by atoms with Gasteiger partial charge in [0.25, 0.3) is 0 Å². The second-order valence-corrected chi connectivity index (χ2v) is 16.9. The zero-order valence-corrected chi connectivity index (χ0v) is 43.9. The topological polar surface area (TPSA) is 105 Å². The Bertz CT molecular complexity index is 2190. The van der Waals surface area contributed by atoms with E-state index in [1.54, 1.807) is 85.0 Å². The van der Waals surface area contributed by atoms with Crippen molar-refractivity contribution >= 4 is 35.7 Å². The molecule has 0 bridgehead atoms. The Morgan fingerprint density at radius 3 is 1.03 bits per heavy atom. The van der Waals surface area contributed by atoms with Crippen LogP contribution in [0.1, 0.15) is 134 Å². The number of carbonyl (C=O) groups is 4. The van der Waals surface area contributed by atoms with Crippen LogP contribution in [0, 0.1) is 0 Å². The number of hydrogen-bond donors (Lipinski definition) is 0. The number of allylic oxidation sites excluding steroid dienone is 24. The van der Waals surface area contributed by atoms with Crippen LogP contribution < -0.4 is 18.9 Å². The molecule has 0 aliphatic heterocycles. The van der Waals surface area contributed by atoms with Crippen molar-refractivity contribution < 1.29 is 38.1 Å². The molecule has 0 fully saturated rings. The number of ether oxygens (including phenoxy) is 4. The van der Waals surface area contributed by atoms with Gasteiger partial charge in [-0.3, -0.25) is 9.59 Å². The molecule has 0 amide bonds. The van der Waals surface area contributed by atoms with Gasteiger partial charge in [-0.15, -0.1) is 0 Å². The van der Waals surface area contributed by atoms with Crippen molar-refractivity contribution in [1.82, 2.24) is 0 Å². The molecule has 0 saturated heterocycles. The largest absolute Gasteiger partial charge is 0.493 e. The van der Waals surface area contributed by atoms with Gasteiger partial charge in [-0.2, -0.15) is 0 Å². The van der Waals surface area contributed by atoms with Gasteiger partial charge in [0.05, 0.1) is 20.6 Å². The number of hydrogen-bond acceptors (Lipinski definition) is 8. The lowest BCUT2D eigenvalue weighted by molar-refractivity contribution is -0.130. The minimum Gasteiger partial charge on any atom is -0.493 e. The van der Waals surface area contributed by atoms with Gasteiger partial charge >= 0.3 is 11.9 Å². The molecular weight excluding hydrogens is 909 g/mol. The Morgan fingerprint density at radius 1 is 0.370 bits per heavy atom.